The molecule has 0 bridgehead atoms. The quantitative estimate of drug-likeness (QED) is 0.746. The maximum Gasteiger partial charge on any atom is 0.287 e. The summed E-state index contributed by atoms with van der Waals surface area (Å²) in [5, 5.41) is 5.53. The smallest absolute Gasteiger partial charge is 0.287 e. The van der Waals surface area contributed by atoms with Gasteiger partial charge in [0.05, 0.1) is 11.7 Å². The Morgan fingerprint density at radius 2 is 1.97 bits per heavy atom. The third-order valence-electron chi connectivity index (χ3n) is 5.26. The first-order chi connectivity index (χ1) is 14.3. The van der Waals surface area contributed by atoms with Crippen molar-refractivity contribution in [1.82, 2.24) is 9.62 Å². The summed E-state index contributed by atoms with van der Waals surface area (Å²) in [6, 6.07) is 6.12. The molecule has 0 radical (unpaired) electrons. The van der Waals surface area contributed by atoms with Gasteiger partial charge in [0.2, 0.25) is 10.0 Å². The molecule has 2 amide bonds. The molecule has 30 heavy (non-hydrogen) atoms. The molecule has 160 valence electrons. The number of anilines is 1. The molecule has 0 aliphatic carbocycles. The molecule has 10 heteroatoms. The van der Waals surface area contributed by atoms with Crippen LogP contribution in [0.5, 0.6) is 5.75 Å². The second-order valence-electron chi connectivity index (χ2n) is 7.43. The fraction of sp³-hybridized carbons (Fsp3) is 0.400. The standard InChI is InChI=1S/C20H23N3O6S/c1-12(14-5-6-16-15(9-14)22-19(24)11-28-16)21-20(25)17-10-18(13(2)29-17)30(26,27)23-7-3-4-8-23/h5-6,9-10,12H,3-4,7-8,11H2,1-2H3,(H,21,25)(H,22,24). The molecular weight excluding hydrogens is 410 g/mol. The van der Waals surface area contributed by atoms with Crippen molar-refractivity contribution in [3.05, 3.63) is 41.3 Å². The normalized spacial score (nSPS) is 17.7. The second kappa shape index (κ2) is 7.77. The monoisotopic (exact) mass is 433 g/mol. The van der Waals surface area contributed by atoms with Gasteiger partial charge in [-0.15, -0.1) is 0 Å². The van der Waals surface area contributed by atoms with E-state index >= 15 is 0 Å². The van der Waals surface area contributed by atoms with E-state index in [1.807, 2.05) is 0 Å². The fourth-order valence-electron chi connectivity index (χ4n) is 3.62. The predicted octanol–water partition coefficient (Wildman–Crippen LogP) is 2.19. The zero-order chi connectivity index (χ0) is 21.5. The third kappa shape index (κ3) is 3.80. The minimum atomic E-state index is -3.67. The van der Waals surface area contributed by atoms with Crippen molar-refractivity contribution in [2.75, 3.05) is 25.0 Å². The summed E-state index contributed by atoms with van der Waals surface area (Å²) in [6.45, 7) is 4.24. The van der Waals surface area contributed by atoms with Gasteiger partial charge in [0.15, 0.2) is 12.4 Å². The van der Waals surface area contributed by atoms with Crippen LogP contribution in [0.1, 0.15) is 47.7 Å². The van der Waals surface area contributed by atoms with E-state index in [9.17, 15) is 18.0 Å². The molecular formula is C20H23N3O6S. The average molecular weight is 433 g/mol. The van der Waals surface area contributed by atoms with Crippen molar-refractivity contribution in [2.24, 2.45) is 0 Å². The minimum Gasteiger partial charge on any atom is -0.482 e. The van der Waals surface area contributed by atoms with Crippen LogP contribution in [-0.2, 0) is 14.8 Å². The molecule has 3 heterocycles. The molecule has 1 unspecified atom stereocenters. The number of amides is 2. The van der Waals surface area contributed by atoms with Crippen LogP contribution in [0.3, 0.4) is 0 Å². The highest BCUT2D eigenvalue weighted by atomic mass is 32.2. The van der Waals surface area contributed by atoms with Gasteiger partial charge >= 0.3 is 0 Å². The molecule has 1 atom stereocenters. The van der Waals surface area contributed by atoms with Gasteiger partial charge in [0, 0.05) is 19.2 Å². The molecule has 1 saturated heterocycles. The first kappa shape index (κ1) is 20.4. The molecule has 4 rings (SSSR count). The first-order valence-corrected chi connectivity index (χ1v) is 11.2. The fourth-order valence-corrected chi connectivity index (χ4v) is 5.30. The van der Waals surface area contributed by atoms with Crippen LogP contribution < -0.4 is 15.4 Å². The van der Waals surface area contributed by atoms with E-state index in [0.717, 1.165) is 18.4 Å². The van der Waals surface area contributed by atoms with Crippen molar-refractivity contribution in [1.29, 1.82) is 0 Å². The molecule has 1 fully saturated rings. The summed E-state index contributed by atoms with van der Waals surface area (Å²) in [7, 11) is -3.67. The Labute approximate surface area is 174 Å². The average Bonchev–Trinajstić information content (AvgIpc) is 3.38. The Morgan fingerprint density at radius 3 is 2.70 bits per heavy atom. The van der Waals surface area contributed by atoms with E-state index in [2.05, 4.69) is 10.6 Å². The Kier molecular flexibility index (Phi) is 5.29. The highest BCUT2D eigenvalue weighted by Crippen LogP contribution is 2.31. The van der Waals surface area contributed by atoms with E-state index in [4.69, 9.17) is 9.15 Å². The predicted molar refractivity (Wildman–Crippen MR) is 108 cm³/mol. The van der Waals surface area contributed by atoms with Gasteiger partial charge in [-0.2, -0.15) is 4.31 Å². The number of hydrogen-bond acceptors (Lipinski definition) is 6. The Morgan fingerprint density at radius 1 is 1.23 bits per heavy atom. The van der Waals surface area contributed by atoms with Gasteiger partial charge in [0.25, 0.3) is 11.8 Å². The number of nitrogens with one attached hydrogen (secondary N) is 2. The lowest BCUT2D eigenvalue weighted by molar-refractivity contribution is -0.118. The molecule has 2 aromatic rings. The number of nitrogens with zero attached hydrogens (tertiary/aromatic N) is 1. The number of carbonyl (C=O) groups excluding carboxylic acids is 2. The van der Waals surface area contributed by atoms with E-state index in [-0.39, 0.29) is 28.9 Å². The highest BCUT2D eigenvalue weighted by Gasteiger charge is 2.32. The lowest BCUT2D eigenvalue weighted by Gasteiger charge is -2.20. The zero-order valence-corrected chi connectivity index (χ0v) is 17.5. The van der Waals surface area contributed by atoms with Gasteiger partial charge < -0.3 is 19.8 Å². The molecule has 2 N–H and O–H groups in total. The molecule has 1 aromatic heterocycles. The van der Waals surface area contributed by atoms with E-state index in [1.54, 1.807) is 25.1 Å². The summed E-state index contributed by atoms with van der Waals surface area (Å²) in [5.74, 6) is -0.0732. The van der Waals surface area contributed by atoms with E-state index in [1.165, 1.54) is 17.3 Å². The summed E-state index contributed by atoms with van der Waals surface area (Å²) in [5.41, 5.74) is 1.29. The summed E-state index contributed by atoms with van der Waals surface area (Å²) in [6.07, 6.45) is 1.65. The number of aryl methyl sites for hydroxylation is 1. The van der Waals surface area contributed by atoms with Crippen molar-refractivity contribution in [3.8, 4) is 5.75 Å². The third-order valence-corrected chi connectivity index (χ3v) is 7.27. The Balaban J connectivity index is 1.50. The zero-order valence-electron chi connectivity index (χ0n) is 16.7. The molecule has 0 saturated carbocycles. The van der Waals surface area contributed by atoms with E-state index < -0.39 is 22.0 Å². The minimum absolute atomic E-state index is 0.0239. The van der Waals surface area contributed by atoms with Crippen LogP contribution in [-0.4, -0.2) is 44.2 Å². The Bertz CT molecular complexity index is 1100. The lowest BCUT2D eigenvalue weighted by Crippen LogP contribution is -2.28. The number of sulfonamides is 1. The van der Waals surface area contributed by atoms with Crippen molar-refractivity contribution in [2.45, 2.75) is 37.6 Å². The lowest BCUT2D eigenvalue weighted by atomic mass is 10.1. The van der Waals surface area contributed by atoms with Crippen LogP contribution in [0.15, 0.2) is 33.6 Å². The number of furan rings is 1. The van der Waals surface area contributed by atoms with Gasteiger partial charge in [-0.3, -0.25) is 9.59 Å². The number of rotatable bonds is 5. The van der Waals surface area contributed by atoms with Crippen molar-refractivity contribution in [3.63, 3.8) is 0 Å². The molecule has 2 aliphatic heterocycles. The maximum absolute atomic E-state index is 12.8. The van der Waals surface area contributed by atoms with Gasteiger partial charge in [-0.25, -0.2) is 8.42 Å². The van der Waals surface area contributed by atoms with Crippen LogP contribution in [0.2, 0.25) is 0 Å². The highest BCUT2D eigenvalue weighted by molar-refractivity contribution is 7.89. The molecule has 1 aromatic carbocycles. The van der Waals surface area contributed by atoms with Crippen LogP contribution in [0.25, 0.3) is 0 Å². The van der Waals surface area contributed by atoms with Crippen LogP contribution >= 0.6 is 0 Å². The topological polar surface area (TPSA) is 118 Å². The first-order valence-electron chi connectivity index (χ1n) is 9.74. The number of carbonyl (C=O) groups is 2. The molecule has 9 nitrogen and oxygen atoms in total. The van der Waals surface area contributed by atoms with Crippen LogP contribution in [0.4, 0.5) is 5.69 Å². The van der Waals surface area contributed by atoms with Gasteiger partial charge in [0.1, 0.15) is 16.4 Å². The van der Waals surface area contributed by atoms with Gasteiger partial charge in [-0.1, -0.05) is 6.07 Å². The molecule has 0 spiro atoms. The maximum atomic E-state index is 12.8. The van der Waals surface area contributed by atoms with Crippen molar-refractivity contribution < 1.29 is 27.2 Å². The van der Waals surface area contributed by atoms with Crippen molar-refractivity contribution >= 4 is 27.5 Å². The summed E-state index contributed by atoms with van der Waals surface area (Å²) < 4.78 is 37.8. The number of fused-ring (bicyclic) bond motifs is 1. The number of hydrogen-bond donors (Lipinski definition) is 2. The van der Waals surface area contributed by atoms with Crippen LogP contribution in [0, 0.1) is 6.92 Å². The summed E-state index contributed by atoms with van der Waals surface area (Å²) >= 11 is 0. The Hall–Kier alpha value is -2.85. The second-order valence-corrected chi connectivity index (χ2v) is 9.34. The van der Waals surface area contributed by atoms with Gasteiger partial charge in [-0.05, 0) is 44.4 Å². The SMILES string of the molecule is Cc1oc(C(=O)NC(C)c2ccc3c(c2)NC(=O)CO3)cc1S(=O)(=O)N1CCCC1. The van der Waals surface area contributed by atoms with E-state index in [0.29, 0.717) is 24.5 Å². The molecule has 2 aliphatic rings. The summed E-state index contributed by atoms with van der Waals surface area (Å²) in [4.78, 5) is 24.2. The number of benzene rings is 1. The number of ether oxygens (including phenoxy) is 1. The largest absolute Gasteiger partial charge is 0.482 e.